The van der Waals surface area contributed by atoms with Crippen molar-refractivity contribution in [3.8, 4) is 0 Å². The van der Waals surface area contributed by atoms with Crippen molar-refractivity contribution >= 4 is 0 Å². The molecule has 4 atom stereocenters. The van der Waals surface area contributed by atoms with Gasteiger partial charge in [-0.25, -0.2) is 0 Å². The molecule has 0 saturated heterocycles. The fraction of sp³-hybridized carbons (Fsp3) is 1.00. The minimum absolute atomic E-state index is 0.237. The van der Waals surface area contributed by atoms with Crippen molar-refractivity contribution in [2.75, 3.05) is 13.6 Å². The fourth-order valence-electron chi connectivity index (χ4n) is 3.93. The van der Waals surface area contributed by atoms with Crippen molar-refractivity contribution in [1.82, 2.24) is 4.90 Å². The minimum Gasteiger partial charge on any atom is -0.329 e. The molecule has 1 fully saturated rings. The first-order valence-corrected chi connectivity index (χ1v) is 7.76. The summed E-state index contributed by atoms with van der Waals surface area (Å²) in [5.74, 6) is 2.34. The molecule has 1 aliphatic rings. The van der Waals surface area contributed by atoms with Crippen LogP contribution in [0.25, 0.3) is 0 Å². The second-order valence-electron chi connectivity index (χ2n) is 7.18. The monoisotopic (exact) mass is 254 g/mol. The van der Waals surface area contributed by atoms with E-state index in [1.165, 1.54) is 25.7 Å². The summed E-state index contributed by atoms with van der Waals surface area (Å²) < 4.78 is 0. The Balaban J connectivity index is 2.80. The summed E-state index contributed by atoms with van der Waals surface area (Å²) in [7, 11) is 2.30. The highest BCUT2D eigenvalue weighted by Gasteiger charge is 2.43. The van der Waals surface area contributed by atoms with Crippen molar-refractivity contribution < 1.29 is 0 Å². The molecule has 4 unspecified atom stereocenters. The molecule has 1 aliphatic carbocycles. The average molecular weight is 254 g/mol. The van der Waals surface area contributed by atoms with E-state index in [2.05, 4.69) is 46.6 Å². The van der Waals surface area contributed by atoms with E-state index in [9.17, 15) is 0 Å². The third-order valence-electron chi connectivity index (χ3n) is 5.27. The zero-order valence-corrected chi connectivity index (χ0v) is 13.4. The molecule has 0 aromatic rings. The van der Waals surface area contributed by atoms with Gasteiger partial charge in [0, 0.05) is 18.1 Å². The van der Waals surface area contributed by atoms with E-state index in [0.29, 0.717) is 12.0 Å². The molecule has 2 nitrogen and oxygen atoms in total. The lowest BCUT2D eigenvalue weighted by atomic mass is 9.68. The van der Waals surface area contributed by atoms with Crippen molar-refractivity contribution in [1.29, 1.82) is 0 Å². The number of nitrogens with two attached hydrogens (primary N) is 1. The van der Waals surface area contributed by atoms with Gasteiger partial charge in [0.2, 0.25) is 0 Å². The van der Waals surface area contributed by atoms with Gasteiger partial charge in [0.15, 0.2) is 0 Å². The summed E-state index contributed by atoms with van der Waals surface area (Å²) in [5, 5.41) is 0. The van der Waals surface area contributed by atoms with Gasteiger partial charge in [-0.15, -0.1) is 0 Å². The van der Waals surface area contributed by atoms with Crippen LogP contribution in [0.4, 0.5) is 0 Å². The molecule has 1 rings (SSSR count). The van der Waals surface area contributed by atoms with Gasteiger partial charge in [0.1, 0.15) is 0 Å². The van der Waals surface area contributed by atoms with Crippen LogP contribution in [0, 0.1) is 17.8 Å². The normalized spacial score (nSPS) is 35.2. The van der Waals surface area contributed by atoms with E-state index in [-0.39, 0.29) is 5.54 Å². The van der Waals surface area contributed by atoms with Gasteiger partial charge in [-0.2, -0.15) is 0 Å². The van der Waals surface area contributed by atoms with Crippen LogP contribution in [0.2, 0.25) is 0 Å². The molecule has 0 aromatic carbocycles. The Morgan fingerprint density at radius 3 is 2.33 bits per heavy atom. The summed E-state index contributed by atoms with van der Waals surface area (Å²) >= 11 is 0. The highest BCUT2D eigenvalue weighted by atomic mass is 15.2. The second-order valence-corrected chi connectivity index (χ2v) is 7.18. The molecular formula is C16H34N2. The highest BCUT2D eigenvalue weighted by molar-refractivity contribution is 5.00. The molecule has 0 amide bonds. The molecule has 18 heavy (non-hydrogen) atoms. The van der Waals surface area contributed by atoms with Gasteiger partial charge in [0.05, 0.1) is 0 Å². The van der Waals surface area contributed by atoms with Crippen LogP contribution in [-0.4, -0.2) is 30.1 Å². The van der Waals surface area contributed by atoms with E-state index >= 15 is 0 Å². The number of likely N-dealkylation sites (N-methyl/N-ethyl adjacent to an activating group) is 1. The largest absolute Gasteiger partial charge is 0.329 e. The molecule has 2 N–H and O–H groups in total. The van der Waals surface area contributed by atoms with E-state index in [4.69, 9.17) is 5.73 Å². The minimum atomic E-state index is 0.237. The molecular weight excluding hydrogens is 220 g/mol. The van der Waals surface area contributed by atoms with Crippen molar-refractivity contribution in [3.05, 3.63) is 0 Å². The summed E-state index contributed by atoms with van der Waals surface area (Å²) in [6.07, 6.45) is 5.20. The Hall–Kier alpha value is -0.0800. The Kier molecular flexibility index (Phi) is 5.67. The third-order valence-corrected chi connectivity index (χ3v) is 5.27. The molecule has 1 saturated carbocycles. The lowest BCUT2D eigenvalue weighted by molar-refractivity contribution is -0.0103. The van der Waals surface area contributed by atoms with E-state index in [1.54, 1.807) is 0 Å². The Labute approximate surface area is 114 Å². The maximum Gasteiger partial charge on any atom is 0.0357 e. The summed E-state index contributed by atoms with van der Waals surface area (Å²) in [6, 6.07) is 0.629. The lowest BCUT2D eigenvalue weighted by Gasteiger charge is -2.52. The first-order chi connectivity index (χ1) is 8.33. The molecule has 0 radical (unpaired) electrons. The molecule has 0 heterocycles. The Morgan fingerprint density at radius 1 is 1.28 bits per heavy atom. The van der Waals surface area contributed by atoms with Crippen LogP contribution in [0.15, 0.2) is 0 Å². The van der Waals surface area contributed by atoms with Gasteiger partial charge >= 0.3 is 0 Å². The first kappa shape index (κ1) is 16.0. The van der Waals surface area contributed by atoms with Crippen LogP contribution in [0.3, 0.4) is 0 Å². The molecule has 0 aromatic heterocycles. The second kappa shape index (κ2) is 6.38. The van der Waals surface area contributed by atoms with Crippen LogP contribution in [0.1, 0.15) is 60.3 Å². The van der Waals surface area contributed by atoms with Crippen molar-refractivity contribution in [2.45, 2.75) is 71.9 Å². The van der Waals surface area contributed by atoms with Crippen LogP contribution in [0.5, 0.6) is 0 Å². The van der Waals surface area contributed by atoms with Crippen LogP contribution < -0.4 is 5.73 Å². The molecule has 0 bridgehead atoms. The summed E-state index contributed by atoms with van der Waals surface area (Å²) in [6.45, 7) is 12.6. The highest BCUT2D eigenvalue weighted by Crippen LogP contribution is 2.41. The van der Waals surface area contributed by atoms with Crippen LogP contribution in [-0.2, 0) is 0 Å². The smallest absolute Gasteiger partial charge is 0.0357 e. The molecule has 2 heteroatoms. The van der Waals surface area contributed by atoms with E-state index in [1.807, 2.05) is 0 Å². The SMILES string of the molecule is CC(C)CC(C)N(C)C1(CN)CCC(C)CC1C. The zero-order valence-electron chi connectivity index (χ0n) is 13.4. The maximum atomic E-state index is 6.20. The number of hydrogen-bond donors (Lipinski definition) is 1. The topological polar surface area (TPSA) is 29.3 Å². The predicted octanol–water partition coefficient (Wildman–Crippen LogP) is 3.51. The number of rotatable bonds is 5. The summed E-state index contributed by atoms with van der Waals surface area (Å²) in [4.78, 5) is 2.60. The van der Waals surface area contributed by atoms with E-state index < -0.39 is 0 Å². The molecule has 0 spiro atoms. The predicted molar refractivity (Wildman–Crippen MR) is 80.6 cm³/mol. The first-order valence-electron chi connectivity index (χ1n) is 7.76. The van der Waals surface area contributed by atoms with Crippen molar-refractivity contribution in [3.63, 3.8) is 0 Å². The van der Waals surface area contributed by atoms with Gasteiger partial charge in [-0.05, 0) is 57.4 Å². The Morgan fingerprint density at radius 2 is 1.89 bits per heavy atom. The average Bonchev–Trinajstić information content (AvgIpc) is 2.28. The van der Waals surface area contributed by atoms with Gasteiger partial charge < -0.3 is 5.73 Å². The van der Waals surface area contributed by atoms with Crippen LogP contribution >= 0.6 is 0 Å². The maximum absolute atomic E-state index is 6.20. The molecule has 108 valence electrons. The standard InChI is InChI=1S/C16H34N2/c1-12(2)9-15(5)18(6)16(11-17)8-7-13(3)10-14(16)4/h12-15H,7-11,17H2,1-6H3. The van der Waals surface area contributed by atoms with E-state index in [0.717, 1.165) is 18.4 Å². The fourth-order valence-corrected chi connectivity index (χ4v) is 3.93. The zero-order chi connectivity index (χ0) is 13.9. The number of hydrogen-bond acceptors (Lipinski definition) is 2. The van der Waals surface area contributed by atoms with Gasteiger partial charge in [0.25, 0.3) is 0 Å². The van der Waals surface area contributed by atoms with Gasteiger partial charge in [-0.3, -0.25) is 4.90 Å². The number of nitrogens with zero attached hydrogens (tertiary/aromatic N) is 1. The summed E-state index contributed by atoms with van der Waals surface area (Å²) in [5.41, 5.74) is 6.44. The third kappa shape index (κ3) is 3.27. The van der Waals surface area contributed by atoms with Crippen molar-refractivity contribution in [2.24, 2.45) is 23.5 Å². The Bertz CT molecular complexity index is 251. The molecule has 0 aliphatic heterocycles. The quantitative estimate of drug-likeness (QED) is 0.813. The van der Waals surface area contributed by atoms with Gasteiger partial charge in [-0.1, -0.05) is 27.7 Å². The lowest BCUT2D eigenvalue weighted by Crippen LogP contribution is -2.61.